The zero-order valence-corrected chi connectivity index (χ0v) is 12.0. The van der Waals surface area contributed by atoms with E-state index in [0.717, 1.165) is 5.92 Å². The molecule has 3 heteroatoms. The Kier molecular flexibility index (Phi) is 4.04. The van der Waals surface area contributed by atoms with Gasteiger partial charge in [-0.15, -0.1) is 0 Å². The fourth-order valence-corrected chi connectivity index (χ4v) is 3.25. The molecule has 2 aliphatic rings. The first-order valence-electron chi connectivity index (χ1n) is 7.52. The van der Waals surface area contributed by atoms with Crippen LogP contribution in [0.5, 0.6) is 0 Å². The van der Waals surface area contributed by atoms with Crippen molar-refractivity contribution in [1.82, 2.24) is 9.80 Å². The van der Waals surface area contributed by atoms with E-state index in [4.69, 9.17) is 0 Å². The molecule has 0 amide bonds. The molecule has 2 fully saturated rings. The van der Waals surface area contributed by atoms with Crippen LogP contribution in [0.1, 0.15) is 6.42 Å². The molecule has 0 bridgehead atoms. The maximum absolute atomic E-state index is 2.65. The van der Waals surface area contributed by atoms with E-state index < -0.39 is 0 Å². The summed E-state index contributed by atoms with van der Waals surface area (Å²) in [5.41, 5.74) is 1.39. The Labute approximate surface area is 116 Å². The van der Waals surface area contributed by atoms with Gasteiger partial charge in [-0.1, -0.05) is 18.2 Å². The Morgan fingerprint density at radius 2 is 1.74 bits per heavy atom. The zero-order chi connectivity index (χ0) is 13.1. The molecule has 1 unspecified atom stereocenters. The molecular weight excluding hydrogens is 234 g/mol. The van der Waals surface area contributed by atoms with Crippen molar-refractivity contribution in [1.29, 1.82) is 0 Å². The SMILES string of the molecule is CN1CCN(CC2CCN(c3ccccc3)C2)CC1. The van der Waals surface area contributed by atoms with Crippen LogP contribution in [0.2, 0.25) is 0 Å². The van der Waals surface area contributed by atoms with Gasteiger partial charge in [0.2, 0.25) is 0 Å². The lowest BCUT2D eigenvalue weighted by molar-refractivity contribution is 0.139. The zero-order valence-electron chi connectivity index (χ0n) is 12.0. The van der Waals surface area contributed by atoms with E-state index in [0.29, 0.717) is 0 Å². The van der Waals surface area contributed by atoms with Crippen LogP contribution in [0.25, 0.3) is 0 Å². The Balaban J connectivity index is 1.49. The molecule has 3 nitrogen and oxygen atoms in total. The molecule has 1 aromatic rings. The van der Waals surface area contributed by atoms with Gasteiger partial charge in [-0.05, 0) is 31.5 Å². The third kappa shape index (κ3) is 3.28. The Morgan fingerprint density at radius 3 is 2.47 bits per heavy atom. The minimum atomic E-state index is 0.851. The van der Waals surface area contributed by atoms with Crippen molar-refractivity contribution in [2.75, 3.05) is 57.8 Å². The van der Waals surface area contributed by atoms with Crippen molar-refractivity contribution < 1.29 is 0 Å². The lowest BCUT2D eigenvalue weighted by Crippen LogP contribution is -2.46. The molecule has 104 valence electrons. The number of para-hydroxylation sites is 1. The molecular formula is C16H25N3. The molecule has 1 atom stereocenters. The normalized spacial score (nSPS) is 25.9. The summed E-state index contributed by atoms with van der Waals surface area (Å²) in [5, 5.41) is 0. The van der Waals surface area contributed by atoms with Gasteiger partial charge in [0, 0.05) is 51.5 Å². The number of anilines is 1. The lowest BCUT2D eigenvalue weighted by Gasteiger charge is -2.33. The highest BCUT2D eigenvalue weighted by Gasteiger charge is 2.25. The summed E-state index contributed by atoms with van der Waals surface area (Å²) in [4.78, 5) is 7.63. The van der Waals surface area contributed by atoms with E-state index in [-0.39, 0.29) is 0 Å². The van der Waals surface area contributed by atoms with Gasteiger partial charge in [0.1, 0.15) is 0 Å². The quantitative estimate of drug-likeness (QED) is 0.819. The van der Waals surface area contributed by atoms with Crippen molar-refractivity contribution >= 4 is 5.69 Å². The van der Waals surface area contributed by atoms with Crippen molar-refractivity contribution in [2.45, 2.75) is 6.42 Å². The summed E-state index contributed by atoms with van der Waals surface area (Å²) < 4.78 is 0. The summed E-state index contributed by atoms with van der Waals surface area (Å²) in [6, 6.07) is 10.9. The van der Waals surface area contributed by atoms with Gasteiger partial charge in [-0.25, -0.2) is 0 Å². The lowest BCUT2D eigenvalue weighted by atomic mass is 10.1. The van der Waals surface area contributed by atoms with E-state index >= 15 is 0 Å². The van der Waals surface area contributed by atoms with Crippen LogP contribution in [-0.4, -0.2) is 62.7 Å². The predicted molar refractivity (Wildman–Crippen MR) is 80.7 cm³/mol. The monoisotopic (exact) mass is 259 g/mol. The highest BCUT2D eigenvalue weighted by atomic mass is 15.3. The van der Waals surface area contributed by atoms with Gasteiger partial charge in [0.15, 0.2) is 0 Å². The first-order chi connectivity index (χ1) is 9.31. The summed E-state index contributed by atoms with van der Waals surface area (Å²) >= 11 is 0. The highest BCUT2D eigenvalue weighted by Crippen LogP contribution is 2.24. The Hall–Kier alpha value is -1.06. The van der Waals surface area contributed by atoms with E-state index in [1.54, 1.807) is 0 Å². The fraction of sp³-hybridized carbons (Fsp3) is 0.625. The van der Waals surface area contributed by atoms with E-state index in [2.05, 4.69) is 52.1 Å². The molecule has 2 aliphatic heterocycles. The second-order valence-electron chi connectivity index (χ2n) is 6.04. The Morgan fingerprint density at radius 1 is 1.00 bits per heavy atom. The molecule has 3 rings (SSSR count). The molecule has 0 aliphatic carbocycles. The van der Waals surface area contributed by atoms with Crippen molar-refractivity contribution in [3.8, 4) is 0 Å². The number of rotatable bonds is 3. The largest absolute Gasteiger partial charge is 0.371 e. The van der Waals surface area contributed by atoms with Crippen LogP contribution >= 0.6 is 0 Å². The van der Waals surface area contributed by atoms with Crippen LogP contribution in [0.3, 0.4) is 0 Å². The first-order valence-corrected chi connectivity index (χ1v) is 7.52. The number of nitrogens with zero attached hydrogens (tertiary/aromatic N) is 3. The van der Waals surface area contributed by atoms with Crippen molar-refractivity contribution in [3.05, 3.63) is 30.3 Å². The molecule has 0 spiro atoms. The molecule has 2 saturated heterocycles. The number of piperazine rings is 1. The van der Waals surface area contributed by atoms with Crippen molar-refractivity contribution in [2.24, 2.45) is 5.92 Å². The smallest absolute Gasteiger partial charge is 0.0366 e. The minimum absolute atomic E-state index is 0.851. The number of likely N-dealkylation sites (N-methyl/N-ethyl adjacent to an activating group) is 1. The van der Waals surface area contributed by atoms with Gasteiger partial charge >= 0.3 is 0 Å². The highest BCUT2D eigenvalue weighted by molar-refractivity contribution is 5.46. The maximum atomic E-state index is 2.65. The predicted octanol–water partition coefficient (Wildman–Crippen LogP) is 1.76. The first kappa shape index (κ1) is 12.9. The molecule has 2 heterocycles. The molecule has 19 heavy (non-hydrogen) atoms. The fourth-order valence-electron chi connectivity index (χ4n) is 3.25. The molecule has 0 saturated carbocycles. The molecule has 0 N–H and O–H groups in total. The average molecular weight is 259 g/mol. The number of benzene rings is 1. The van der Waals surface area contributed by atoms with E-state index in [1.165, 1.54) is 57.9 Å². The summed E-state index contributed by atoms with van der Waals surface area (Å²) in [5.74, 6) is 0.851. The van der Waals surface area contributed by atoms with Crippen LogP contribution in [-0.2, 0) is 0 Å². The van der Waals surface area contributed by atoms with Gasteiger partial charge in [0.25, 0.3) is 0 Å². The van der Waals surface area contributed by atoms with Crippen LogP contribution in [0.4, 0.5) is 5.69 Å². The third-order valence-corrected chi connectivity index (χ3v) is 4.52. The van der Waals surface area contributed by atoms with Gasteiger partial charge in [0.05, 0.1) is 0 Å². The summed E-state index contributed by atoms with van der Waals surface area (Å²) in [6.07, 6.45) is 1.35. The van der Waals surface area contributed by atoms with Crippen LogP contribution < -0.4 is 4.90 Å². The summed E-state index contributed by atoms with van der Waals surface area (Å²) in [7, 11) is 2.23. The molecule has 1 aromatic carbocycles. The second kappa shape index (κ2) is 5.93. The Bertz CT molecular complexity index is 384. The standard InChI is InChI=1S/C16H25N3/c1-17-9-11-18(12-10-17)13-15-7-8-19(14-15)16-5-3-2-4-6-16/h2-6,15H,7-14H2,1H3. The van der Waals surface area contributed by atoms with E-state index in [9.17, 15) is 0 Å². The minimum Gasteiger partial charge on any atom is -0.371 e. The summed E-state index contributed by atoms with van der Waals surface area (Å²) in [6.45, 7) is 8.71. The third-order valence-electron chi connectivity index (χ3n) is 4.52. The van der Waals surface area contributed by atoms with Gasteiger partial charge in [-0.3, -0.25) is 0 Å². The maximum Gasteiger partial charge on any atom is 0.0366 e. The topological polar surface area (TPSA) is 9.72 Å². The molecule has 0 radical (unpaired) electrons. The molecule has 0 aromatic heterocycles. The van der Waals surface area contributed by atoms with Crippen LogP contribution in [0.15, 0.2) is 30.3 Å². The van der Waals surface area contributed by atoms with E-state index in [1.807, 2.05) is 0 Å². The van der Waals surface area contributed by atoms with Crippen LogP contribution in [0, 0.1) is 5.92 Å². The average Bonchev–Trinajstić information content (AvgIpc) is 2.91. The number of hydrogen-bond donors (Lipinski definition) is 0. The van der Waals surface area contributed by atoms with Gasteiger partial charge in [-0.2, -0.15) is 0 Å². The number of hydrogen-bond acceptors (Lipinski definition) is 3. The van der Waals surface area contributed by atoms with Crippen molar-refractivity contribution in [3.63, 3.8) is 0 Å². The second-order valence-corrected chi connectivity index (χ2v) is 6.04. The van der Waals surface area contributed by atoms with Gasteiger partial charge < -0.3 is 14.7 Å².